The van der Waals surface area contributed by atoms with Crippen LogP contribution in [0.1, 0.15) is 21.7 Å². The second kappa shape index (κ2) is 8.46. The highest BCUT2D eigenvalue weighted by molar-refractivity contribution is 5.96. The number of nitrogens with one attached hydrogen (secondary N) is 1. The average Bonchev–Trinajstić information content (AvgIpc) is 3.11. The van der Waals surface area contributed by atoms with Crippen LogP contribution in [-0.2, 0) is 6.54 Å². The minimum atomic E-state index is -0.505. The molecule has 1 amide bonds. The van der Waals surface area contributed by atoms with Crippen LogP contribution in [-0.4, -0.2) is 28.6 Å². The van der Waals surface area contributed by atoms with Crippen LogP contribution in [0.3, 0.4) is 0 Å². The molecule has 0 aliphatic carbocycles. The van der Waals surface area contributed by atoms with Crippen molar-refractivity contribution in [1.29, 1.82) is 0 Å². The lowest BCUT2D eigenvalue weighted by Gasteiger charge is -2.14. The normalized spacial score (nSPS) is 10.6. The van der Waals surface area contributed by atoms with Crippen molar-refractivity contribution in [3.63, 3.8) is 0 Å². The van der Waals surface area contributed by atoms with Gasteiger partial charge in [0.2, 0.25) is 0 Å². The number of imidazole rings is 1. The van der Waals surface area contributed by atoms with Gasteiger partial charge in [-0.25, -0.2) is 9.37 Å². The first-order valence-electron chi connectivity index (χ1n) is 8.59. The van der Waals surface area contributed by atoms with Crippen molar-refractivity contribution in [2.45, 2.75) is 13.5 Å². The lowest BCUT2D eigenvalue weighted by molar-refractivity contribution is 0.0946. The van der Waals surface area contributed by atoms with Crippen molar-refractivity contribution < 1.29 is 13.9 Å². The van der Waals surface area contributed by atoms with Crippen LogP contribution < -0.4 is 15.8 Å². The molecule has 1 heterocycles. The fraction of sp³-hybridized carbons (Fsp3) is 0.200. The summed E-state index contributed by atoms with van der Waals surface area (Å²) in [7, 11) is 0. The number of carbonyl (C=O) groups excluding carboxylic acids is 1. The minimum absolute atomic E-state index is 0.139. The molecule has 0 bridgehead atoms. The van der Waals surface area contributed by atoms with Gasteiger partial charge in [-0.05, 0) is 36.8 Å². The quantitative estimate of drug-likeness (QED) is 0.672. The number of amides is 1. The number of aromatic nitrogens is 2. The van der Waals surface area contributed by atoms with Gasteiger partial charge < -0.3 is 20.4 Å². The molecule has 2 aromatic carbocycles. The number of hydrogen-bond acceptors (Lipinski definition) is 4. The maximum atomic E-state index is 13.6. The SMILES string of the molecule is Cc1nccn1-c1ccccc1CNC(=O)c1cc(F)ccc1OCCN. The molecule has 0 saturated carbocycles. The van der Waals surface area contributed by atoms with E-state index in [1.165, 1.54) is 12.1 Å². The van der Waals surface area contributed by atoms with Crippen molar-refractivity contribution in [3.05, 3.63) is 77.6 Å². The van der Waals surface area contributed by atoms with E-state index in [2.05, 4.69) is 10.3 Å². The molecule has 1 aromatic heterocycles. The molecule has 0 radical (unpaired) electrons. The van der Waals surface area contributed by atoms with Gasteiger partial charge in [-0.3, -0.25) is 4.79 Å². The third-order valence-corrected chi connectivity index (χ3v) is 4.08. The molecule has 0 fully saturated rings. The Morgan fingerprint density at radius 2 is 2.11 bits per heavy atom. The van der Waals surface area contributed by atoms with Gasteiger partial charge in [0.05, 0.1) is 11.3 Å². The molecule has 0 spiro atoms. The Hall–Kier alpha value is -3.19. The van der Waals surface area contributed by atoms with Gasteiger partial charge in [-0.15, -0.1) is 0 Å². The van der Waals surface area contributed by atoms with Crippen LogP contribution in [0.25, 0.3) is 5.69 Å². The Morgan fingerprint density at radius 1 is 1.30 bits per heavy atom. The van der Waals surface area contributed by atoms with E-state index in [9.17, 15) is 9.18 Å². The third-order valence-electron chi connectivity index (χ3n) is 4.08. The van der Waals surface area contributed by atoms with Crippen molar-refractivity contribution >= 4 is 5.91 Å². The molecule has 3 N–H and O–H groups in total. The molecule has 140 valence electrons. The molecule has 0 aliphatic heterocycles. The van der Waals surface area contributed by atoms with E-state index >= 15 is 0 Å². The summed E-state index contributed by atoms with van der Waals surface area (Å²) in [6.07, 6.45) is 3.58. The van der Waals surface area contributed by atoms with Gasteiger partial charge in [0.15, 0.2) is 0 Å². The number of ether oxygens (including phenoxy) is 1. The van der Waals surface area contributed by atoms with E-state index in [0.29, 0.717) is 12.3 Å². The number of rotatable bonds is 7. The molecule has 0 unspecified atom stereocenters. The smallest absolute Gasteiger partial charge is 0.255 e. The molecule has 0 aliphatic rings. The number of nitrogens with two attached hydrogens (primary N) is 1. The largest absolute Gasteiger partial charge is 0.491 e. The van der Waals surface area contributed by atoms with E-state index in [1.807, 2.05) is 42.0 Å². The van der Waals surface area contributed by atoms with Crippen LogP contribution >= 0.6 is 0 Å². The number of carbonyl (C=O) groups is 1. The lowest BCUT2D eigenvalue weighted by Crippen LogP contribution is -2.25. The average molecular weight is 368 g/mol. The number of benzene rings is 2. The van der Waals surface area contributed by atoms with Gasteiger partial charge in [0, 0.05) is 25.5 Å². The topological polar surface area (TPSA) is 82.2 Å². The zero-order valence-corrected chi connectivity index (χ0v) is 15.0. The summed E-state index contributed by atoms with van der Waals surface area (Å²) in [6, 6.07) is 11.5. The van der Waals surface area contributed by atoms with Crippen molar-refractivity contribution in [3.8, 4) is 11.4 Å². The maximum Gasteiger partial charge on any atom is 0.255 e. The van der Waals surface area contributed by atoms with Crippen LogP contribution in [0.5, 0.6) is 5.75 Å². The Morgan fingerprint density at radius 3 is 2.85 bits per heavy atom. The second-order valence-corrected chi connectivity index (χ2v) is 5.93. The summed E-state index contributed by atoms with van der Waals surface area (Å²) in [4.78, 5) is 16.8. The number of nitrogens with zero attached hydrogens (tertiary/aromatic N) is 2. The first-order valence-corrected chi connectivity index (χ1v) is 8.59. The van der Waals surface area contributed by atoms with E-state index in [0.717, 1.165) is 23.1 Å². The van der Waals surface area contributed by atoms with Gasteiger partial charge in [-0.2, -0.15) is 0 Å². The summed E-state index contributed by atoms with van der Waals surface area (Å²) < 4.78 is 21.0. The van der Waals surface area contributed by atoms with Crippen molar-refractivity contribution in [2.24, 2.45) is 5.73 Å². The molecule has 7 heteroatoms. The van der Waals surface area contributed by atoms with E-state index in [1.54, 1.807) is 6.20 Å². The summed E-state index contributed by atoms with van der Waals surface area (Å²) in [5.74, 6) is 0.225. The molecular weight excluding hydrogens is 347 g/mol. The Kier molecular flexibility index (Phi) is 5.83. The fourth-order valence-corrected chi connectivity index (χ4v) is 2.77. The summed E-state index contributed by atoms with van der Waals surface area (Å²) in [5, 5.41) is 2.83. The number of halogens is 1. The van der Waals surface area contributed by atoms with Crippen LogP contribution in [0, 0.1) is 12.7 Å². The fourth-order valence-electron chi connectivity index (χ4n) is 2.77. The first-order chi connectivity index (χ1) is 13.1. The predicted octanol–water partition coefficient (Wildman–Crippen LogP) is 2.59. The molecule has 3 aromatic rings. The highest BCUT2D eigenvalue weighted by atomic mass is 19.1. The zero-order chi connectivity index (χ0) is 19.2. The lowest BCUT2D eigenvalue weighted by atomic mass is 10.1. The standard InChI is InChI=1S/C20H21FN4O2/c1-14-23-9-10-25(14)18-5-3-2-4-15(18)13-24-20(26)17-12-16(21)6-7-19(17)27-11-8-22/h2-7,9-10,12H,8,11,13,22H2,1H3,(H,24,26). The molecule has 6 nitrogen and oxygen atoms in total. The van der Waals surface area contributed by atoms with Crippen LogP contribution in [0.4, 0.5) is 4.39 Å². The summed E-state index contributed by atoms with van der Waals surface area (Å²) in [6.45, 7) is 2.73. The van der Waals surface area contributed by atoms with Gasteiger partial charge >= 0.3 is 0 Å². The van der Waals surface area contributed by atoms with Crippen LogP contribution in [0.15, 0.2) is 54.9 Å². The van der Waals surface area contributed by atoms with Gasteiger partial charge in [0.1, 0.15) is 24.0 Å². The Labute approximate surface area is 156 Å². The molecule has 0 atom stereocenters. The second-order valence-electron chi connectivity index (χ2n) is 5.93. The van der Waals surface area contributed by atoms with Gasteiger partial charge in [-0.1, -0.05) is 18.2 Å². The van der Waals surface area contributed by atoms with E-state index in [4.69, 9.17) is 10.5 Å². The number of para-hydroxylation sites is 1. The summed E-state index contributed by atoms with van der Waals surface area (Å²) in [5.41, 5.74) is 7.41. The third kappa shape index (κ3) is 4.32. The first kappa shape index (κ1) is 18.6. The molecule has 3 rings (SSSR count). The van der Waals surface area contributed by atoms with Gasteiger partial charge in [0.25, 0.3) is 5.91 Å². The predicted molar refractivity (Wildman–Crippen MR) is 100 cm³/mol. The molecule has 27 heavy (non-hydrogen) atoms. The van der Waals surface area contributed by atoms with Crippen molar-refractivity contribution in [1.82, 2.24) is 14.9 Å². The minimum Gasteiger partial charge on any atom is -0.491 e. The van der Waals surface area contributed by atoms with E-state index < -0.39 is 11.7 Å². The monoisotopic (exact) mass is 368 g/mol. The highest BCUT2D eigenvalue weighted by Crippen LogP contribution is 2.21. The molecule has 0 saturated heterocycles. The number of hydrogen-bond donors (Lipinski definition) is 2. The Balaban J connectivity index is 1.80. The molecular formula is C20H21FN4O2. The van der Waals surface area contributed by atoms with Crippen LogP contribution in [0.2, 0.25) is 0 Å². The zero-order valence-electron chi connectivity index (χ0n) is 15.0. The Bertz CT molecular complexity index is 939. The van der Waals surface area contributed by atoms with Crippen molar-refractivity contribution in [2.75, 3.05) is 13.2 Å². The highest BCUT2D eigenvalue weighted by Gasteiger charge is 2.15. The maximum absolute atomic E-state index is 13.6. The summed E-state index contributed by atoms with van der Waals surface area (Å²) >= 11 is 0. The van der Waals surface area contributed by atoms with E-state index in [-0.39, 0.29) is 18.7 Å². The number of aryl methyl sites for hydroxylation is 1.